The van der Waals surface area contributed by atoms with Crippen LogP contribution in [0.5, 0.6) is 11.5 Å². The summed E-state index contributed by atoms with van der Waals surface area (Å²) in [7, 11) is 4.94. The number of unbranched alkanes of at least 4 members (excludes halogenated alkanes) is 1. The molecule has 0 bridgehead atoms. The minimum Gasteiger partial charge on any atom is -0.497 e. The van der Waals surface area contributed by atoms with Crippen LogP contribution in [0.15, 0.2) is 30.5 Å². The summed E-state index contributed by atoms with van der Waals surface area (Å²) < 4.78 is 10.5. The molecule has 0 fully saturated rings. The Balaban J connectivity index is 2.18. The highest BCUT2D eigenvalue weighted by Gasteiger charge is 2.14. The Kier molecular flexibility index (Phi) is 6.56. The predicted octanol–water partition coefficient (Wildman–Crippen LogP) is 3.11. The van der Waals surface area contributed by atoms with Crippen LogP contribution in [0.4, 0.5) is 11.6 Å². The summed E-state index contributed by atoms with van der Waals surface area (Å²) in [5.41, 5.74) is 1.04. The van der Waals surface area contributed by atoms with E-state index < -0.39 is 0 Å². The molecule has 0 spiro atoms. The highest BCUT2D eigenvalue weighted by molar-refractivity contribution is 5.92. The lowest BCUT2D eigenvalue weighted by Crippen LogP contribution is -2.28. The number of rotatable bonds is 8. The molecule has 1 aromatic heterocycles. The first-order chi connectivity index (χ1) is 12.1. The van der Waals surface area contributed by atoms with E-state index in [1.165, 1.54) is 0 Å². The molecule has 0 saturated heterocycles. The second-order valence-corrected chi connectivity index (χ2v) is 5.54. The van der Waals surface area contributed by atoms with E-state index in [9.17, 15) is 4.79 Å². The van der Waals surface area contributed by atoms with Crippen molar-refractivity contribution in [2.75, 3.05) is 33.1 Å². The number of carbonyl (C=O) groups excluding carboxylic acids is 1. The molecule has 0 aliphatic carbocycles. The van der Waals surface area contributed by atoms with E-state index in [2.05, 4.69) is 22.2 Å². The van der Waals surface area contributed by atoms with Crippen molar-refractivity contribution in [3.05, 3.63) is 36.2 Å². The maximum Gasteiger partial charge on any atom is 0.272 e. The Morgan fingerprint density at radius 2 is 2.04 bits per heavy atom. The Hall–Kier alpha value is -2.83. The molecule has 0 radical (unpaired) electrons. The number of carbonyl (C=O) groups is 1. The second kappa shape index (κ2) is 8.86. The van der Waals surface area contributed by atoms with E-state index in [1.807, 2.05) is 6.07 Å². The molecule has 134 valence electrons. The number of nitrogens with zero attached hydrogens (tertiary/aromatic N) is 3. The predicted molar refractivity (Wildman–Crippen MR) is 96.7 cm³/mol. The molecule has 7 nitrogen and oxygen atoms in total. The number of hydrogen-bond acceptors (Lipinski definition) is 6. The van der Waals surface area contributed by atoms with E-state index >= 15 is 0 Å². The van der Waals surface area contributed by atoms with Gasteiger partial charge in [0, 0.05) is 25.9 Å². The average Bonchev–Trinajstić information content (AvgIpc) is 2.66. The summed E-state index contributed by atoms with van der Waals surface area (Å²) in [6, 6.07) is 6.98. The molecule has 1 aromatic carbocycles. The molecule has 0 unspecified atom stereocenters. The van der Waals surface area contributed by atoms with Crippen LogP contribution in [0.1, 0.15) is 30.3 Å². The Bertz CT molecular complexity index is 721. The molecular weight excluding hydrogens is 320 g/mol. The van der Waals surface area contributed by atoms with Crippen molar-refractivity contribution < 1.29 is 14.3 Å². The zero-order valence-electron chi connectivity index (χ0n) is 15.1. The molecule has 1 heterocycles. The first kappa shape index (κ1) is 18.5. The number of nitrogens with one attached hydrogen (secondary N) is 1. The summed E-state index contributed by atoms with van der Waals surface area (Å²) in [5.74, 6) is 1.49. The van der Waals surface area contributed by atoms with Gasteiger partial charge in [-0.15, -0.1) is 0 Å². The smallest absolute Gasteiger partial charge is 0.272 e. The van der Waals surface area contributed by atoms with E-state index in [1.54, 1.807) is 50.6 Å². The normalized spacial score (nSPS) is 10.2. The van der Waals surface area contributed by atoms with Crippen LogP contribution in [0.2, 0.25) is 0 Å². The van der Waals surface area contributed by atoms with Crippen molar-refractivity contribution in [1.82, 2.24) is 14.9 Å². The van der Waals surface area contributed by atoms with E-state index in [0.29, 0.717) is 35.4 Å². The molecule has 25 heavy (non-hydrogen) atoms. The first-order valence-corrected chi connectivity index (χ1v) is 8.16. The van der Waals surface area contributed by atoms with Crippen LogP contribution in [-0.2, 0) is 0 Å². The van der Waals surface area contributed by atoms with Crippen molar-refractivity contribution in [3.8, 4) is 11.5 Å². The Labute approximate surface area is 148 Å². The van der Waals surface area contributed by atoms with Crippen molar-refractivity contribution in [1.29, 1.82) is 0 Å². The van der Waals surface area contributed by atoms with E-state index in [0.717, 1.165) is 12.8 Å². The van der Waals surface area contributed by atoms with Gasteiger partial charge in [0.1, 0.15) is 17.2 Å². The molecule has 1 N–H and O–H groups in total. The number of methoxy groups -OCH3 is 2. The largest absolute Gasteiger partial charge is 0.497 e. The number of anilines is 2. The van der Waals surface area contributed by atoms with Gasteiger partial charge in [0.05, 0.1) is 19.9 Å². The van der Waals surface area contributed by atoms with Gasteiger partial charge in [-0.25, -0.2) is 9.97 Å². The van der Waals surface area contributed by atoms with Crippen LogP contribution < -0.4 is 14.8 Å². The first-order valence-electron chi connectivity index (χ1n) is 8.16. The molecule has 2 aromatic rings. The van der Waals surface area contributed by atoms with Crippen molar-refractivity contribution in [2.24, 2.45) is 0 Å². The fourth-order valence-electron chi connectivity index (χ4n) is 2.25. The Morgan fingerprint density at radius 3 is 2.72 bits per heavy atom. The van der Waals surface area contributed by atoms with Crippen molar-refractivity contribution >= 4 is 17.5 Å². The van der Waals surface area contributed by atoms with Crippen LogP contribution in [0.25, 0.3) is 0 Å². The van der Waals surface area contributed by atoms with Gasteiger partial charge < -0.3 is 19.7 Å². The van der Waals surface area contributed by atoms with E-state index in [-0.39, 0.29) is 5.91 Å². The third kappa shape index (κ3) is 4.82. The van der Waals surface area contributed by atoms with Gasteiger partial charge in [-0.1, -0.05) is 13.3 Å². The molecular formula is C18H24N4O3. The monoisotopic (exact) mass is 344 g/mol. The van der Waals surface area contributed by atoms with E-state index in [4.69, 9.17) is 9.47 Å². The minimum absolute atomic E-state index is 0.124. The van der Waals surface area contributed by atoms with Crippen LogP contribution >= 0.6 is 0 Å². The number of benzene rings is 1. The third-order valence-corrected chi connectivity index (χ3v) is 3.72. The fraction of sp³-hybridized carbons (Fsp3) is 0.389. The quantitative estimate of drug-likeness (QED) is 0.793. The Morgan fingerprint density at radius 1 is 1.24 bits per heavy atom. The zero-order valence-corrected chi connectivity index (χ0v) is 15.1. The topological polar surface area (TPSA) is 76.6 Å². The van der Waals surface area contributed by atoms with Crippen LogP contribution in [0, 0.1) is 0 Å². The van der Waals surface area contributed by atoms with Gasteiger partial charge in [-0.05, 0) is 24.6 Å². The fourth-order valence-corrected chi connectivity index (χ4v) is 2.25. The number of aromatic nitrogens is 2. The van der Waals surface area contributed by atoms with Gasteiger partial charge >= 0.3 is 0 Å². The summed E-state index contributed by atoms with van der Waals surface area (Å²) in [5, 5.41) is 3.08. The summed E-state index contributed by atoms with van der Waals surface area (Å²) in [6.07, 6.45) is 3.55. The second-order valence-electron chi connectivity index (χ2n) is 5.54. The van der Waals surface area contributed by atoms with Crippen molar-refractivity contribution in [2.45, 2.75) is 19.8 Å². The summed E-state index contributed by atoms with van der Waals surface area (Å²) >= 11 is 0. The van der Waals surface area contributed by atoms with Gasteiger partial charge in [0.2, 0.25) is 5.95 Å². The van der Waals surface area contributed by atoms with Gasteiger partial charge in [0.25, 0.3) is 5.91 Å². The molecule has 0 saturated carbocycles. The lowest BCUT2D eigenvalue weighted by Gasteiger charge is -2.16. The lowest BCUT2D eigenvalue weighted by molar-refractivity contribution is 0.0787. The molecule has 0 aliphatic rings. The SMILES string of the molecule is CCCCN(C)C(=O)c1ccnc(Nc2ccc(OC)cc2OC)n1. The minimum atomic E-state index is -0.124. The molecule has 7 heteroatoms. The number of amides is 1. The molecule has 0 atom stereocenters. The lowest BCUT2D eigenvalue weighted by atomic mass is 10.2. The third-order valence-electron chi connectivity index (χ3n) is 3.72. The standard InChI is InChI=1S/C18H24N4O3/c1-5-6-11-22(2)17(23)15-9-10-19-18(21-15)20-14-8-7-13(24-3)12-16(14)25-4/h7-10,12H,5-6,11H2,1-4H3,(H,19,20,21). The maximum absolute atomic E-state index is 12.4. The average molecular weight is 344 g/mol. The maximum atomic E-state index is 12.4. The highest BCUT2D eigenvalue weighted by Crippen LogP contribution is 2.30. The number of hydrogen-bond donors (Lipinski definition) is 1. The molecule has 2 rings (SSSR count). The van der Waals surface area contributed by atoms with Gasteiger partial charge in [0.15, 0.2) is 0 Å². The summed E-state index contributed by atoms with van der Waals surface area (Å²) in [6.45, 7) is 2.79. The van der Waals surface area contributed by atoms with Crippen molar-refractivity contribution in [3.63, 3.8) is 0 Å². The van der Waals surface area contributed by atoms with Gasteiger partial charge in [-0.2, -0.15) is 0 Å². The molecule has 0 aliphatic heterocycles. The number of ether oxygens (including phenoxy) is 2. The summed E-state index contributed by atoms with van der Waals surface area (Å²) in [4.78, 5) is 22.6. The molecule has 1 amide bonds. The van der Waals surface area contributed by atoms with Gasteiger partial charge in [-0.3, -0.25) is 4.79 Å². The van der Waals surface area contributed by atoms with Crippen LogP contribution in [-0.4, -0.2) is 48.6 Å². The van der Waals surface area contributed by atoms with Crippen LogP contribution in [0.3, 0.4) is 0 Å². The zero-order chi connectivity index (χ0) is 18.2. The highest BCUT2D eigenvalue weighted by atomic mass is 16.5.